The van der Waals surface area contributed by atoms with Crippen LogP contribution in [0.3, 0.4) is 0 Å². The zero-order chi connectivity index (χ0) is 18.2. The number of nitro benzene ring substituents is 1. The monoisotopic (exact) mass is 394 g/mol. The van der Waals surface area contributed by atoms with Gasteiger partial charge in [0.1, 0.15) is 5.69 Å². The van der Waals surface area contributed by atoms with E-state index in [-0.39, 0.29) is 41.1 Å². The van der Waals surface area contributed by atoms with E-state index in [1.807, 2.05) is 7.05 Å². The Hall–Kier alpha value is -1.91. The van der Waals surface area contributed by atoms with Gasteiger partial charge >= 0.3 is 0 Å². The Kier molecular flexibility index (Phi) is 10.0. The summed E-state index contributed by atoms with van der Waals surface area (Å²) in [6.07, 6.45) is 2.13. The van der Waals surface area contributed by atoms with Gasteiger partial charge in [-0.15, -0.1) is 12.4 Å². The molecule has 0 unspecified atom stereocenters. The quantitative estimate of drug-likeness (QED) is 0.306. The average molecular weight is 395 g/mol. The molecule has 0 atom stereocenters. The Labute approximate surface area is 153 Å². The van der Waals surface area contributed by atoms with Crippen LogP contribution in [0.15, 0.2) is 23.1 Å². The lowest BCUT2D eigenvalue weighted by molar-refractivity contribution is -0.384. The number of nitro groups is 1. The fourth-order valence-electron chi connectivity index (χ4n) is 1.96. The minimum Gasteiger partial charge on any atom is -0.378 e. The fourth-order valence-corrected chi connectivity index (χ4v) is 2.60. The SMILES string of the molecule is CNCCCC(=O)NCCNc1ccc(S(C)(=O)=O)cc1[N+](=O)[O-].Cl. The lowest BCUT2D eigenvalue weighted by Crippen LogP contribution is -2.29. The number of carbonyl (C=O) groups excluding carboxylic acids is 1. The number of anilines is 1. The second-order valence-electron chi connectivity index (χ2n) is 5.19. The van der Waals surface area contributed by atoms with Gasteiger partial charge in [0.25, 0.3) is 5.69 Å². The number of nitrogens with one attached hydrogen (secondary N) is 3. The largest absolute Gasteiger partial charge is 0.378 e. The molecule has 0 saturated carbocycles. The Morgan fingerprint density at radius 2 is 1.92 bits per heavy atom. The van der Waals surface area contributed by atoms with Crippen molar-refractivity contribution in [3.63, 3.8) is 0 Å². The maximum absolute atomic E-state index is 11.5. The Morgan fingerprint density at radius 3 is 2.48 bits per heavy atom. The molecule has 9 nitrogen and oxygen atoms in total. The molecule has 1 rings (SSSR count). The van der Waals surface area contributed by atoms with Crippen LogP contribution >= 0.6 is 12.4 Å². The second-order valence-corrected chi connectivity index (χ2v) is 7.21. The van der Waals surface area contributed by atoms with E-state index in [4.69, 9.17) is 0 Å². The normalized spacial score (nSPS) is 10.6. The summed E-state index contributed by atoms with van der Waals surface area (Å²) in [7, 11) is -1.71. The number of nitrogens with zero attached hydrogens (tertiary/aromatic N) is 1. The summed E-state index contributed by atoms with van der Waals surface area (Å²) in [6.45, 7) is 1.35. The third kappa shape index (κ3) is 8.14. The van der Waals surface area contributed by atoms with Crippen LogP contribution in [0.25, 0.3) is 0 Å². The minimum atomic E-state index is -3.52. The molecule has 0 aromatic heterocycles. The van der Waals surface area contributed by atoms with Gasteiger partial charge in [0.15, 0.2) is 9.84 Å². The van der Waals surface area contributed by atoms with Gasteiger partial charge in [-0.2, -0.15) is 0 Å². The van der Waals surface area contributed by atoms with Gasteiger partial charge in [-0.1, -0.05) is 0 Å². The van der Waals surface area contributed by atoms with Crippen LogP contribution in [0.4, 0.5) is 11.4 Å². The van der Waals surface area contributed by atoms with Crippen molar-refractivity contribution in [3.05, 3.63) is 28.3 Å². The van der Waals surface area contributed by atoms with E-state index in [2.05, 4.69) is 16.0 Å². The van der Waals surface area contributed by atoms with Crippen LogP contribution in [0.2, 0.25) is 0 Å². The van der Waals surface area contributed by atoms with Gasteiger partial charge in [0, 0.05) is 31.8 Å². The Morgan fingerprint density at radius 1 is 1.24 bits per heavy atom. The molecule has 0 aliphatic carbocycles. The highest BCUT2D eigenvalue weighted by Crippen LogP contribution is 2.27. The molecule has 1 aromatic rings. The molecular weight excluding hydrogens is 372 g/mol. The zero-order valence-corrected chi connectivity index (χ0v) is 15.7. The molecule has 0 aliphatic rings. The highest BCUT2D eigenvalue weighted by Gasteiger charge is 2.18. The van der Waals surface area contributed by atoms with E-state index in [0.29, 0.717) is 13.0 Å². The molecule has 0 fully saturated rings. The summed E-state index contributed by atoms with van der Waals surface area (Å²) in [5.74, 6) is -0.0889. The first-order valence-corrected chi connectivity index (χ1v) is 9.28. The maximum Gasteiger partial charge on any atom is 0.293 e. The van der Waals surface area contributed by atoms with Gasteiger partial charge in [0.05, 0.1) is 9.82 Å². The van der Waals surface area contributed by atoms with Crippen LogP contribution in [-0.4, -0.2) is 52.2 Å². The van der Waals surface area contributed by atoms with Gasteiger partial charge in [-0.25, -0.2) is 8.42 Å². The molecule has 142 valence electrons. The van der Waals surface area contributed by atoms with Crippen LogP contribution in [0.1, 0.15) is 12.8 Å². The first-order chi connectivity index (χ1) is 11.3. The van der Waals surface area contributed by atoms with E-state index in [1.165, 1.54) is 12.1 Å². The summed E-state index contributed by atoms with van der Waals surface area (Å²) in [5, 5.41) is 19.6. The standard InChI is InChI=1S/C14H22N4O5S.ClH/c1-15-7-3-4-14(19)17-9-8-16-12-6-5-11(24(2,22)23)10-13(12)18(20)21;/h5-6,10,15-16H,3-4,7-9H2,1-2H3,(H,17,19);1H. The first kappa shape index (κ1) is 23.1. The number of hydrogen-bond donors (Lipinski definition) is 3. The molecule has 0 heterocycles. The van der Waals surface area contributed by atoms with E-state index >= 15 is 0 Å². The number of benzene rings is 1. The summed E-state index contributed by atoms with van der Waals surface area (Å²) >= 11 is 0. The van der Waals surface area contributed by atoms with E-state index < -0.39 is 14.8 Å². The number of carbonyl (C=O) groups is 1. The van der Waals surface area contributed by atoms with Crippen molar-refractivity contribution in [1.29, 1.82) is 0 Å². The van der Waals surface area contributed by atoms with Crippen LogP contribution in [0, 0.1) is 10.1 Å². The molecule has 0 radical (unpaired) electrons. The molecular formula is C14H23ClN4O5S. The van der Waals surface area contributed by atoms with Crippen LogP contribution < -0.4 is 16.0 Å². The molecule has 1 amide bonds. The lowest BCUT2D eigenvalue weighted by atomic mass is 10.2. The summed E-state index contributed by atoms with van der Waals surface area (Å²) in [5.41, 5.74) is -0.116. The molecule has 0 saturated heterocycles. The predicted octanol–water partition coefficient (Wildman–Crippen LogP) is 0.948. The van der Waals surface area contributed by atoms with Gasteiger partial charge in [-0.05, 0) is 32.1 Å². The van der Waals surface area contributed by atoms with Crippen molar-refractivity contribution >= 4 is 39.5 Å². The second kappa shape index (κ2) is 10.9. The van der Waals surface area contributed by atoms with Crippen molar-refractivity contribution in [1.82, 2.24) is 10.6 Å². The fraction of sp³-hybridized carbons (Fsp3) is 0.500. The molecule has 0 spiro atoms. The van der Waals surface area contributed by atoms with Crippen LogP contribution in [0.5, 0.6) is 0 Å². The zero-order valence-electron chi connectivity index (χ0n) is 14.1. The predicted molar refractivity (Wildman–Crippen MR) is 98.1 cm³/mol. The Bertz CT molecular complexity index is 696. The van der Waals surface area contributed by atoms with Gasteiger partial charge in [0.2, 0.25) is 5.91 Å². The van der Waals surface area contributed by atoms with E-state index in [1.54, 1.807) is 0 Å². The molecule has 25 heavy (non-hydrogen) atoms. The summed E-state index contributed by atoms with van der Waals surface area (Å²) < 4.78 is 22.9. The van der Waals surface area contributed by atoms with Crippen molar-refractivity contribution in [3.8, 4) is 0 Å². The number of amides is 1. The number of rotatable bonds is 10. The molecule has 3 N–H and O–H groups in total. The first-order valence-electron chi connectivity index (χ1n) is 7.39. The maximum atomic E-state index is 11.5. The highest BCUT2D eigenvalue weighted by atomic mass is 35.5. The highest BCUT2D eigenvalue weighted by molar-refractivity contribution is 7.90. The Balaban J connectivity index is 0.00000576. The molecule has 0 bridgehead atoms. The van der Waals surface area contributed by atoms with Crippen molar-refractivity contribution in [2.75, 3.05) is 38.3 Å². The third-order valence-electron chi connectivity index (χ3n) is 3.19. The van der Waals surface area contributed by atoms with Crippen molar-refractivity contribution in [2.45, 2.75) is 17.7 Å². The smallest absolute Gasteiger partial charge is 0.293 e. The third-order valence-corrected chi connectivity index (χ3v) is 4.30. The van der Waals surface area contributed by atoms with E-state index in [9.17, 15) is 23.3 Å². The molecule has 1 aromatic carbocycles. The van der Waals surface area contributed by atoms with E-state index in [0.717, 1.165) is 25.3 Å². The van der Waals surface area contributed by atoms with Gasteiger partial charge in [-0.3, -0.25) is 14.9 Å². The topological polar surface area (TPSA) is 130 Å². The van der Waals surface area contributed by atoms with Crippen LogP contribution in [-0.2, 0) is 14.6 Å². The minimum absolute atomic E-state index is 0. The van der Waals surface area contributed by atoms with Crippen molar-refractivity contribution in [2.24, 2.45) is 0 Å². The molecule has 11 heteroatoms. The summed E-state index contributed by atoms with van der Waals surface area (Å²) in [6, 6.07) is 3.68. The average Bonchev–Trinajstić information content (AvgIpc) is 2.50. The summed E-state index contributed by atoms with van der Waals surface area (Å²) in [4.78, 5) is 21.8. The number of halogens is 1. The number of hydrogen-bond acceptors (Lipinski definition) is 7. The van der Waals surface area contributed by atoms with Gasteiger partial charge < -0.3 is 16.0 Å². The molecule has 0 aliphatic heterocycles. The van der Waals surface area contributed by atoms with Crippen molar-refractivity contribution < 1.29 is 18.1 Å². The lowest BCUT2D eigenvalue weighted by Gasteiger charge is -2.09. The number of sulfone groups is 1.